The van der Waals surface area contributed by atoms with Crippen molar-refractivity contribution in [2.24, 2.45) is 0 Å². The van der Waals surface area contributed by atoms with Gasteiger partial charge in [-0.15, -0.1) is 0 Å². The highest BCUT2D eigenvalue weighted by molar-refractivity contribution is 6.32. The van der Waals surface area contributed by atoms with Gasteiger partial charge in [-0.1, -0.05) is 195 Å². The van der Waals surface area contributed by atoms with E-state index in [9.17, 15) is 0 Å². The Morgan fingerprint density at radius 1 is 0.219 bits per heavy atom. The van der Waals surface area contributed by atoms with Crippen molar-refractivity contribution in [2.75, 3.05) is 0 Å². The van der Waals surface area contributed by atoms with Gasteiger partial charge in [0.1, 0.15) is 0 Å². The molecule has 0 aliphatic heterocycles. The van der Waals surface area contributed by atoms with Crippen LogP contribution in [-0.2, 0) is 0 Å². The van der Waals surface area contributed by atoms with Crippen LogP contribution in [0.25, 0.3) is 175 Å². The molecule has 0 fully saturated rings. The van der Waals surface area contributed by atoms with Crippen molar-refractivity contribution in [1.82, 2.24) is 0 Å². The van der Waals surface area contributed by atoms with Crippen LogP contribution in [0.2, 0.25) is 0 Å². The molecule has 336 valence electrons. The summed E-state index contributed by atoms with van der Waals surface area (Å²) in [6.45, 7) is 6.56. The first-order chi connectivity index (χ1) is 36.1. The molecule has 0 nitrogen and oxygen atoms in total. The van der Waals surface area contributed by atoms with E-state index in [1.165, 1.54) is 169 Å². The van der Waals surface area contributed by atoms with Crippen LogP contribution in [0.15, 0.2) is 231 Å². The molecular weight excluding hydrogens is 877 g/mol. The Labute approximate surface area is 422 Å². The molecule has 0 spiro atoms. The molecule has 0 unspecified atom stereocenters. The van der Waals surface area contributed by atoms with Gasteiger partial charge in [-0.25, -0.2) is 0 Å². The summed E-state index contributed by atoms with van der Waals surface area (Å²) in [6, 6.07) is 83.4. The Morgan fingerprint density at radius 2 is 0.397 bits per heavy atom. The Kier molecular flexibility index (Phi) is 8.34. The van der Waals surface area contributed by atoms with E-state index in [-0.39, 0.29) is 0 Å². The lowest BCUT2D eigenvalue weighted by molar-refractivity contribution is 1.58. The summed E-state index contributed by atoms with van der Waals surface area (Å²) < 4.78 is 0. The summed E-state index contributed by atoms with van der Waals surface area (Å²) in [5.41, 5.74) is 12.2. The van der Waals surface area contributed by atoms with Crippen LogP contribution in [-0.4, -0.2) is 0 Å². The van der Waals surface area contributed by atoms with Crippen LogP contribution in [0.4, 0.5) is 0 Å². The van der Waals surface area contributed by atoms with Gasteiger partial charge < -0.3 is 0 Å². The number of hydrogen-bond donors (Lipinski definition) is 0. The Balaban J connectivity index is 1.19. The van der Waals surface area contributed by atoms with Gasteiger partial charge in [-0.2, -0.15) is 0 Å². The summed E-state index contributed by atoms with van der Waals surface area (Å²) >= 11 is 0. The molecule has 73 heavy (non-hydrogen) atoms. The highest BCUT2D eigenvalue weighted by Gasteiger charge is 2.28. The maximum absolute atomic E-state index is 4.43. The van der Waals surface area contributed by atoms with Gasteiger partial charge >= 0.3 is 0 Å². The van der Waals surface area contributed by atoms with Crippen LogP contribution in [0.1, 0.15) is 18.1 Å². The van der Waals surface area contributed by atoms with E-state index < -0.39 is 0 Å². The molecule has 15 aromatic carbocycles. The van der Waals surface area contributed by atoms with Crippen LogP contribution < -0.4 is 0 Å². The summed E-state index contributed by atoms with van der Waals surface area (Å²) in [5.74, 6) is 0. The zero-order valence-corrected chi connectivity index (χ0v) is 40.2. The molecule has 0 heterocycles. The van der Waals surface area contributed by atoms with Gasteiger partial charge in [0.15, 0.2) is 0 Å². The Bertz CT molecular complexity index is 4990. The number of hydrogen-bond acceptors (Lipinski definition) is 0. The van der Waals surface area contributed by atoms with Gasteiger partial charge in [-0.3, -0.25) is 0 Å². The van der Waals surface area contributed by atoms with E-state index in [0.717, 1.165) is 5.56 Å². The van der Waals surface area contributed by atoms with Crippen LogP contribution in [0, 0.1) is 0 Å². The molecule has 0 N–H and O–H groups in total. The molecule has 16 rings (SSSR count). The van der Waals surface area contributed by atoms with E-state index in [1.54, 1.807) is 0 Å². The fraction of sp³-hybridized carbons (Fsp3) is 0.0137. The lowest BCUT2D eigenvalue weighted by Crippen LogP contribution is -2.00. The lowest BCUT2D eigenvalue weighted by atomic mass is 9.76. The van der Waals surface area contributed by atoms with Crippen LogP contribution in [0.5, 0.6) is 0 Å². The second-order valence-electron chi connectivity index (χ2n) is 20.1. The summed E-state index contributed by atoms with van der Waals surface area (Å²) in [5, 5.41) is 27.7. The Morgan fingerprint density at radius 3 is 0.616 bits per heavy atom. The first kappa shape index (κ1) is 40.4. The smallest absolute Gasteiger partial charge is 0.00921 e. The molecule has 0 heteroatoms. The molecule has 0 atom stereocenters. The third kappa shape index (κ3) is 5.50. The van der Waals surface area contributed by atoms with E-state index in [4.69, 9.17) is 0 Å². The summed E-state index contributed by atoms with van der Waals surface area (Å²) in [4.78, 5) is 0. The molecule has 15 aromatic rings. The molecule has 0 saturated carbocycles. The van der Waals surface area contributed by atoms with Gasteiger partial charge in [0, 0.05) is 0 Å². The highest BCUT2D eigenvalue weighted by Crippen LogP contribution is 2.55. The topological polar surface area (TPSA) is 0 Å². The van der Waals surface area contributed by atoms with Crippen LogP contribution in [0.3, 0.4) is 0 Å². The molecule has 0 amide bonds. The van der Waals surface area contributed by atoms with Crippen molar-refractivity contribution in [3.05, 3.63) is 242 Å². The molecule has 1 aliphatic carbocycles. The van der Waals surface area contributed by atoms with E-state index >= 15 is 0 Å². The third-order valence-corrected chi connectivity index (χ3v) is 16.6. The van der Waals surface area contributed by atoms with Crippen molar-refractivity contribution in [1.29, 1.82) is 0 Å². The summed E-state index contributed by atoms with van der Waals surface area (Å²) in [6.07, 6.45) is 6.52. The predicted octanol–water partition coefficient (Wildman–Crippen LogP) is 21.0. The first-order valence-electron chi connectivity index (χ1n) is 25.6. The number of rotatable bonds is 2. The van der Waals surface area contributed by atoms with Crippen molar-refractivity contribution < 1.29 is 0 Å². The molecule has 0 aromatic heterocycles. The minimum absolute atomic E-state index is 1.16. The number of benzene rings is 15. The zero-order valence-electron chi connectivity index (χ0n) is 40.2. The van der Waals surface area contributed by atoms with E-state index in [1.807, 2.05) is 0 Å². The average Bonchev–Trinajstić information content (AvgIpc) is 3.46. The van der Waals surface area contributed by atoms with Gasteiger partial charge in [0.05, 0.1) is 0 Å². The van der Waals surface area contributed by atoms with Gasteiger partial charge in [-0.05, 0) is 230 Å². The molecule has 0 bridgehead atoms. The number of allylic oxidation sites excluding steroid dienone is 1. The van der Waals surface area contributed by atoms with Crippen molar-refractivity contribution in [3.8, 4) is 44.5 Å². The monoisotopic (exact) mass is 920 g/mol. The average molecular weight is 921 g/mol. The zero-order chi connectivity index (χ0) is 48.1. The Hall–Kier alpha value is -9.36. The van der Waals surface area contributed by atoms with Crippen molar-refractivity contribution in [3.63, 3.8) is 0 Å². The summed E-state index contributed by atoms with van der Waals surface area (Å²) in [7, 11) is 0. The second kappa shape index (κ2) is 15.1. The van der Waals surface area contributed by atoms with E-state index in [2.05, 4.69) is 250 Å². The molecule has 1 aliphatic rings. The number of fused-ring (bicyclic) bond motifs is 29. The largest absolute Gasteiger partial charge is 0.0984 e. The standard InChI is InChI=1S/C73H44/c1-3-19-43-42(4-2)44-20-5-12-27-51(44)59-35-67-66(34-58(43)59)68-36-60-52-28-13-6-21-45(52)46-22-8-15-30-54(46)62(60)38-70(68)72-40-64-56-32-17-10-25-49(56)50-26-11-18-33-57(50)65(64)41-73(72)71-39-63-55-31-16-9-24-48(55)47-23-7-14-29-53(47)61(63)37-69(67)71/h3-41H,2H2,1H3/b19-3-,68-66?,69-67?,72-70?,73-71?. The molecule has 0 saturated heterocycles. The second-order valence-corrected chi connectivity index (χ2v) is 20.1. The maximum atomic E-state index is 4.43. The highest BCUT2D eigenvalue weighted by atomic mass is 14.3. The van der Waals surface area contributed by atoms with E-state index in [0.29, 0.717) is 0 Å². The third-order valence-electron chi connectivity index (χ3n) is 16.6. The SMILES string of the molecule is C=Cc1c(/C=C\C)c2cc3c(cc2c2ccccc12)-c1cc2c4ccccc4c4ccccc4c2cc1-c1cc2c4ccccc4c4ccccc4c2cc1-c1cc2c4ccccc4c4ccccc4c2cc1-3. The predicted molar refractivity (Wildman–Crippen MR) is 319 cm³/mol. The first-order valence-corrected chi connectivity index (χ1v) is 25.6. The normalized spacial score (nSPS) is 12.5. The minimum Gasteiger partial charge on any atom is -0.0984 e. The maximum Gasteiger partial charge on any atom is -0.00921 e. The van der Waals surface area contributed by atoms with Gasteiger partial charge in [0.25, 0.3) is 0 Å². The quantitative estimate of drug-likeness (QED) is 0.152. The van der Waals surface area contributed by atoms with Crippen LogP contribution >= 0.6 is 0 Å². The molecular formula is C73H44. The van der Waals surface area contributed by atoms with Crippen molar-refractivity contribution >= 4 is 131 Å². The van der Waals surface area contributed by atoms with Gasteiger partial charge in [0.2, 0.25) is 0 Å². The van der Waals surface area contributed by atoms with Crippen molar-refractivity contribution in [2.45, 2.75) is 6.92 Å². The fourth-order valence-corrected chi connectivity index (χ4v) is 13.5. The fourth-order valence-electron chi connectivity index (χ4n) is 13.5. The minimum atomic E-state index is 1.16. The molecule has 0 radical (unpaired) electrons. The lowest BCUT2D eigenvalue weighted by Gasteiger charge is -2.27.